The number of hydrogen-bond donors (Lipinski definition) is 2. The zero-order chi connectivity index (χ0) is 22.9. The summed E-state index contributed by atoms with van der Waals surface area (Å²) in [6.07, 6.45) is 1.66. The maximum absolute atomic E-state index is 13.4. The molecule has 0 spiro atoms. The molecule has 2 fully saturated rings. The summed E-state index contributed by atoms with van der Waals surface area (Å²) in [6, 6.07) is 16.7. The second kappa shape index (κ2) is 8.84. The maximum Gasteiger partial charge on any atom is 0.229 e. The minimum absolute atomic E-state index is 0.0555. The first-order chi connectivity index (χ1) is 15.4. The van der Waals surface area contributed by atoms with Crippen molar-refractivity contribution in [2.75, 3.05) is 20.2 Å². The van der Waals surface area contributed by atoms with Gasteiger partial charge in [0.2, 0.25) is 5.91 Å². The first kappa shape index (κ1) is 22.2. The minimum atomic E-state index is -1.18. The van der Waals surface area contributed by atoms with E-state index in [1.807, 2.05) is 42.2 Å². The standard InChI is InChI=1S/C26H30N2O4/c1-17(20-7-3-5-9-23(20)29)25(30)28-15-19-13-18(11-12-27)14-26(31,22(19)16-28)21-8-4-6-10-24(21)32-2/h3-10,17-19,22,29,31H,11,13-16H2,1-2H3. The molecule has 1 amide bonds. The Kier molecular flexibility index (Phi) is 6.12. The van der Waals surface area contributed by atoms with Crippen LogP contribution in [0.25, 0.3) is 0 Å². The molecule has 0 bridgehead atoms. The van der Waals surface area contributed by atoms with E-state index in [-0.39, 0.29) is 29.4 Å². The van der Waals surface area contributed by atoms with Crippen LogP contribution in [0.2, 0.25) is 0 Å². The van der Waals surface area contributed by atoms with E-state index in [9.17, 15) is 20.3 Å². The van der Waals surface area contributed by atoms with E-state index in [1.54, 1.807) is 25.3 Å². The van der Waals surface area contributed by atoms with Gasteiger partial charge in [0, 0.05) is 36.6 Å². The average Bonchev–Trinajstić information content (AvgIpc) is 3.24. The number of ether oxygens (including phenoxy) is 1. The number of rotatable bonds is 5. The van der Waals surface area contributed by atoms with Gasteiger partial charge in [0.15, 0.2) is 0 Å². The fraction of sp³-hybridized carbons (Fsp3) is 0.462. The fourth-order valence-corrected chi connectivity index (χ4v) is 5.79. The molecule has 0 radical (unpaired) electrons. The van der Waals surface area contributed by atoms with Crippen LogP contribution in [0.1, 0.15) is 43.2 Å². The zero-order valence-corrected chi connectivity index (χ0v) is 18.6. The molecule has 5 unspecified atom stereocenters. The first-order valence-electron chi connectivity index (χ1n) is 11.2. The molecule has 0 aromatic heterocycles. The van der Waals surface area contributed by atoms with Gasteiger partial charge in [-0.3, -0.25) is 4.79 Å². The van der Waals surface area contributed by atoms with Crippen molar-refractivity contribution in [3.8, 4) is 17.6 Å². The molecule has 1 aliphatic carbocycles. The number of likely N-dealkylation sites (tertiary alicyclic amines) is 1. The van der Waals surface area contributed by atoms with Crippen molar-refractivity contribution >= 4 is 5.91 Å². The summed E-state index contributed by atoms with van der Waals surface area (Å²) in [5.74, 6) is 0.211. The molecule has 1 saturated heterocycles. The summed E-state index contributed by atoms with van der Waals surface area (Å²) >= 11 is 0. The minimum Gasteiger partial charge on any atom is -0.508 e. The normalized spacial score (nSPS) is 27.9. The monoisotopic (exact) mass is 434 g/mol. The molecule has 1 saturated carbocycles. The molecule has 168 valence electrons. The molecule has 6 heteroatoms. The van der Waals surface area contributed by atoms with Gasteiger partial charge in [0.25, 0.3) is 0 Å². The van der Waals surface area contributed by atoms with Crippen molar-refractivity contribution < 1.29 is 19.7 Å². The number of carbonyl (C=O) groups excluding carboxylic acids is 1. The molecule has 2 aliphatic rings. The topological polar surface area (TPSA) is 93.8 Å². The highest BCUT2D eigenvalue weighted by atomic mass is 16.5. The van der Waals surface area contributed by atoms with Crippen molar-refractivity contribution in [1.82, 2.24) is 4.90 Å². The van der Waals surface area contributed by atoms with Crippen molar-refractivity contribution in [2.45, 2.75) is 37.7 Å². The highest BCUT2D eigenvalue weighted by Crippen LogP contribution is 2.53. The molecule has 4 rings (SSSR count). The summed E-state index contributed by atoms with van der Waals surface area (Å²) in [4.78, 5) is 15.2. The van der Waals surface area contributed by atoms with Gasteiger partial charge in [-0.05, 0) is 43.7 Å². The lowest BCUT2D eigenvalue weighted by Crippen LogP contribution is -2.46. The fourth-order valence-electron chi connectivity index (χ4n) is 5.79. The molecule has 32 heavy (non-hydrogen) atoms. The number of carbonyl (C=O) groups is 1. The van der Waals surface area contributed by atoms with Crippen LogP contribution >= 0.6 is 0 Å². The van der Waals surface area contributed by atoms with E-state index in [0.717, 1.165) is 12.0 Å². The molecular weight excluding hydrogens is 404 g/mol. The summed E-state index contributed by atoms with van der Waals surface area (Å²) in [5.41, 5.74) is 0.155. The Labute approximate surface area is 189 Å². The van der Waals surface area contributed by atoms with Crippen molar-refractivity contribution in [1.29, 1.82) is 5.26 Å². The quantitative estimate of drug-likeness (QED) is 0.747. The average molecular weight is 435 g/mol. The Morgan fingerprint density at radius 1 is 1.25 bits per heavy atom. The number of aromatic hydroxyl groups is 1. The second-order valence-corrected chi connectivity index (χ2v) is 9.18. The molecular formula is C26H30N2O4. The van der Waals surface area contributed by atoms with Gasteiger partial charge in [0.05, 0.1) is 24.7 Å². The van der Waals surface area contributed by atoms with Crippen LogP contribution < -0.4 is 4.74 Å². The van der Waals surface area contributed by atoms with Crippen molar-refractivity contribution in [3.05, 3.63) is 59.7 Å². The van der Waals surface area contributed by atoms with Crippen LogP contribution in [-0.2, 0) is 10.4 Å². The van der Waals surface area contributed by atoms with Crippen LogP contribution in [0, 0.1) is 29.1 Å². The summed E-state index contributed by atoms with van der Waals surface area (Å²) < 4.78 is 5.56. The third-order valence-corrected chi connectivity index (χ3v) is 7.33. The maximum atomic E-state index is 13.4. The SMILES string of the molecule is COc1ccccc1C1(O)CC(CC#N)CC2CN(C(=O)C(C)c3ccccc3O)CC21. The van der Waals surface area contributed by atoms with E-state index < -0.39 is 11.5 Å². The number of hydrogen-bond acceptors (Lipinski definition) is 5. The Hall–Kier alpha value is -3.04. The molecule has 2 N–H and O–H groups in total. The van der Waals surface area contributed by atoms with Gasteiger partial charge < -0.3 is 19.8 Å². The lowest BCUT2D eigenvalue weighted by atomic mass is 9.63. The molecule has 6 nitrogen and oxygen atoms in total. The lowest BCUT2D eigenvalue weighted by Gasteiger charge is -2.45. The Morgan fingerprint density at radius 2 is 1.97 bits per heavy atom. The van der Waals surface area contributed by atoms with Gasteiger partial charge >= 0.3 is 0 Å². The summed E-state index contributed by atoms with van der Waals surface area (Å²) in [5, 5.41) is 31.6. The largest absolute Gasteiger partial charge is 0.508 e. The molecule has 2 aromatic carbocycles. The third-order valence-electron chi connectivity index (χ3n) is 7.33. The smallest absolute Gasteiger partial charge is 0.229 e. The highest BCUT2D eigenvalue weighted by Gasteiger charge is 2.54. The zero-order valence-electron chi connectivity index (χ0n) is 18.6. The molecule has 1 heterocycles. The number of aliphatic hydroxyl groups is 1. The highest BCUT2D eigenvalue weighted by molar-refractivity contribution is 5.84. The van der Waals surface area contributed by atoms with E-state index in [0.29, 0.717) is 37.2 Å². The van der Waals surface area contributed by atoms with E-state index in [4.69, 9.17) is 4.74 Å². The molecule has 5 atom stereocenters. The van der Waals surface area contributed by atoms with Crippen LogP contribution in [0.15, 0.2) is 48.5 Å². The van der Waals surface area contributed by atoms with Gasteiger partial charge in [-0.15, -0.1) is 0 Å². The Bertz CT molecular complexity index is 1030. The number of phenolic OH excluding ortho intramolecular Hbond substituents is 1. The number of phenols is 1. The predicted molar refractivity (Wildman–Crippen MR) is 120 cm³/mol. The number of para-hydroxylation sites is 2. The number of benzene rings is 2. The Balaban J connectivity index is 1.65. The van der Waals surface area contributed by atoms with Gasteiger partial charge in [-0.1, -0.05) is 36.4 Å². The van der Waals surface area contributed by atoms with Crippen LogP contribution in [-0.4, -0.2) is 41.2 Å². The van der Waals surface area contributed by atoms with Crippen molar-refractivity contribution in [2.24, 2.45) is 17.8 Å². The van der Waals surface area contributed by atoms with Gasteiger partial charge in [0.1, 0.15) is 11.5 Å². The number of nitrogens with zero attached hydrogens (tertiary/aromatic N) is 2. The van der Waals surface area contributed by atoms with E-state index in [1.165, 1.54) is 0 Å². The molecule has 2 aromatic rings. The number of methoxy groups -OCH3 is 1. The lowest BCUT2D eigenvalue weighted by molar-refractivity contribution is -0.132. The van der Waals surface area contributed by atoms with Crippen molar-refractivity contribution in [3.63, 3.8) is 0 Å². The van der Waals surface area contributed by atoms with Gasteiger partial charge in [-0.25, -0.2) is 0 Å². The number of nitriles is 1. The van der Waals surface area contributed by atoms with E-state index >= 15 is 0 Å². The predicted octanol–water partition coefficient (Wildman–Crippen LogP) is 3.79. The third kappa shape index (κ3) is 3.82. The summed E-state index contributed by atoms with van der Waals surface area (Å²) in [7, 11) is 1.59. The second-order valence-electron chi connectivity index (χ2n) is 9.18. The number of fused-ring (bicyclic) bond motifs is 1. The van der Waals surface area contributed by atoms with Crippen LogP contribution in [0.3, 0.4) is 0 Å². The van der Waals surface area contributed by atoms with E-state index in [2.05, 4.69) is 6.07 Å². The van der Waals surface area contributed by atoms with Crippen LogP contribution in [0.5, 0.6) is 11.5 Å². The summed E-state index contributed by atoms with van der Waals surface area (Å²) in [6.45, 7) is 2.79. The molecule has 1 aliphatic heterocycles. The Morgan fingerprint density at radius 3 is 2.69 bits per heavy atom. The number of amides is 1. The first-order valence-corrected chi connectivity index (χ1v) is 11.2. The van der Waals surface area contributed by atoms with Crippen LogP contribution in [0.4, 0.5) is 0 Å². The van der Waals surface area contributed by atoms with Gasteiger partial charge in [-0.2, -0.15) is 5.26 Å².